The first-order valence-corrected chi connectivity index (χ1v) is 15.3. The zero-order chi connectivity index (χ0) is 29.3. The van der Waals surface area contributed by atoms with Crippen molar-refractivity contribution in [2.24, 2.45) is 0 Å². The molecule has 214 valence electrons. The summed E-state index contributed by atoms with van der Waals surface area (Å²) in [7, 11) is -4.08. The Balaban J connectivity index is 2.07. The predicted octanol–water partition coefficient (Wildman–Crippen LogP) is 5.53. The standard InChI is InChI=1S/C32H41N3O4S/c1-6-8-20-33-32(37)29(7-2)34(22-27-15-13-12-14-25(27)4)31(36)23-35(30-19-18-24(3)21-26(30)5)40(38,39)28-16-10-9-11-17-28/h9-19,21,29H,6-8,20,22-23H2,1-5H3,(H,33,37)/t29-/m0/s1. The highest BCUT2D eigenvalue weighted by atomic mass is 32.2. The second-order valence-electron chi connectivity index (χ2n) is 10.1. The quantitative estimate of drug-likeness (QED) is 0.277. The molecule has 2 amide bonds. The van der Waals surface area contributed by atoms with Crippen LogP contribution in [0.3, 0.4) is 0 Å². The second kappa shape index (κ2) is 14.1. The number of carbonyl (C=O) groups is 2. The van der Waals surface area contributed by atoms with Gasteiger partial charge in [0.2, 0.25) is 11.8 Å². The lowest BCUT2D eigenvalue weighted by Crippen LogP contribution is -2.52. The lowest BCUT2D eigenvalue weighted by Gasteiger charge is -2.34. The molecular weight excluding hydrogens is 522 g/mol. The molecular formula is C32H41N3O4S. The highest BCUT2D eigenvalue weighted by Crippen LogP contribution is 2.28. The molecule has 0 aliphatic rings. The molecule has 0 aliphatic heterocycles. The summed E-state index contributed by atoms with van der Waals surface area (Å²) in [6.45, 7) is 9.92. The summed E-state index contributed by atoms with van der Waals surface area (Å²) in [5.74, 6) is -0.679. The van der Waals surface area contributed by atoms with Crippen molar-refractivity contribution in [1.82, 2.24) is 10.2 Å². The number of amides is 2. The zero-order valence-corrected chi connectivity index (χ0v) is 25.0. The van der Waals surface area contributed by atoms with Gasteiger partial charge in [-0.25, -0.2) is 8.42 Å². The van der Waals surface area contributed by atoms with Gasteiger partial charge in [0.05, 0.1) is 10.6 Å². The van der Waals surface area contributed by atoms with Crippen LogP contribution < -0.4 is 9.62 Å². The highest BCUT2D eigenvalue weighted by molar-refractivity contribution is 7.92. The molecule has 0 fully saturated rings. The van der Waals surface area contributed by atoms with Crippen molar-refractivity contribution >= 4 is 27.5 Å². The first-order chi connectivity index (χ1) is 19.1. The van der Waals surface area contributed by atoms with Crippen LogP contribution in [0.2, 0.25) is 0 Å². The molecule has 8 heteroatoms. The SMILES string of the molecule is CCCCNC(=O)[C@H](CC)N(Cc1ccccc1C)C(=O)CN(c1ccc(C)cc1C)S(=O)(=O)c1ccccc1. The Bertz CT molecular complexity index is 1410. The van der Waals surface area contributed by atoms with E-state index in [9.17, 15) is 18.0 Å². The third kappa shape index (κ3) is 7.50. The number of hydrogen-bond donors (Lipinski definition) is 1. The molecule has 0 aromatic heterocycles. The third-order valence-corrected chi connectivity index (χ3v) is 8.82. The molecule has 0 saturated carbocycles. The molecule has 3 aromatic carbocycles. The number of unbranched alkanes of at least 4 members (excludes halogenated alkanes) is 1. The average molecular weight is 564 g/mol. The molecule has 0 spiro atoms. The van der Waals surface area contributed by atoms with Gasteiger partial charge in [-0.2, -0.15) is 0 Å². The van der Waals surface area contributed by atoms with Gasteiger partial charge in [-0.1, -0.05) is 80.4 Å². The predicted molar refractivity (Wildman–Crippen MR) is 161 cm³/mol. The number of nitrogens with zero attached hydrogens (tertiary/aromatic N) is 2. The zero-order valence-electron chi connectivity index (χ0n) is 24.2. The molecule has 0 saturated heterocycles. The maximum atomic E-state index is 14.2. The molecule has 0 unspecified atom stereocenters. The number of aryl methyl sites for hydroxylation is 3. The van der Waals surface area contributed by atoms with Gasteiger partial charge in [-0.3, -0.25) is 13.9 Å². The summed E-state index contributed by atoms with van der Waals surface area (Å²) in [4.78, 5) is 29.1. The van der Waals surface area contributed by atoms with E-state index in [0.717, 1.165) is 35.1 Å². The fourth-order valence-corrected chi connectivity index (χ4v) is 6.21. The van der Waals surface area contributed by atoms with E-state index in [4.69, 9.17) is 0 Å². The van der Waals surface area contributed by atoms with E-state index in [1.54, 1.807) is 24.3 Å². The van der Waals surface area contributed by atoms with Crippen LogP contribution in [0.15, 0.2) is 77.7 Å². The minimum atomic E-state index is -4.08. The van der Waals surface area contributed by atoms with Crippen LogP contribution in [-0.2, 0) is 26.2 Å². The number of sulfonamides is 1. The summed E-state index contributed by atoms with van der Waals surface area (Å²) in [6, 6.07) is 20.6. The molecule has 3 rings (SSSR count). The number of hydrogen-bond acceptors (Lipinski definition) is 4. The third-order valence-electron chi connectivity index (χ3n) is 7.05. The smallest absolute Gasteiger partial charge is 0.264 e. The van der Waals surface area contributed by atoms with E-state index in [1.165, 1.54) is 21.3 Å². The molecule has 0 heterocycles. The Morgan fingerprint density at radius 2 is 1.55 bits per heavy atom. The maximum Gasteiger partial charge on any atom is 0.264 e. The van der Waals surface area contributed by atoms with E-state index >= 15 is 0 Å². The van der Waals surface area contributed by atoms with Crippen molar-refractivity contribution in [1.29, 1.82) is 0 Å². The number of benzene rings is 3. The van der Waals surface area contributed by atoms with Gasteiger partial charge in [0.25, 0.3) is 10.0 Å². The Labute approximate surface area is 239 Å². The topological polar surface area (TPSA) is 86.8 Å². The van der Waals surface area contributed by atoms with Crippen molar-refractivity contribution in [3.63, 3.8) is 0 Å². The van der Waals surface area contributed by atoms with Crippen molar-refractivity contribution in [2.75, 3.05) is 17.4 Å². The van der Waals surface area contributed by atoms with Crippen LogP contribution in [0.25, 0.3) is 0 Å². The van der Waals surface area contributed by atoms with Gasteiger partial charge in [0, 0.05) is 13.1 Å². The second-order valence-corrected chi connectivity index (χ2v) is 12.0. The van der Waals surface area contributed by atoms with Crippen molar-refractivity contribution in [2.45, 2.75) is 71.4 Å². The van der Waals surface area contributed by atoms with E-state index in [2.05, 4.69) is 5.32 Å². The van der Waals surface area contributed by atoms with E-state index in [0.29, 0.717) is 18.7 Å². The first kappa shape index (κ1) is 30.9. The minimum absolute atomic E-state index is 0.0950. The van der Waals surface area contributed by atoms with Crippen LogP contribution in [0, 0.1) is 20.8 Å². The molecule has 0 aliphatic carbocycles. The Hall–Kier alpha value is -3.65. The van der Waals surface area contributed by atoms with Crippen LogP contribution in [-0.4, -0.2) is 44.3 Å². The van der Waals surface area contributed by atoms with Gasteiger partial charge in [0.15, 0.2) is 0 Å². The van der Waals surface area contributed by atoms with Gasteiger partial charge in [-0.05, 0) is 68.5 Å². The van der Waals surface area contributed by atoms with Gasteiger partial charge in [-0.15, -0.1) is 0 Å². The molecule has 40 heavy (non-hydrogen) atoms. The average Bonchev–Trinajstić information content (AvgIpc) is 2.93. The van der Waals surface area contributed by atoms with E-state index in [-0.39, 0.29) is 17.3 Å². The summed E-state index contributed by atoms with van der Waals surface area (Å²) >= 11 is 0. The Kier molecular flexibility index (Phi) is 10.9. The van der Waals surface area contributed by atoms with E-state index < -0.39 is 28.5 Å². The molecule has 7 nitrogen and oxygen atoms in total. The molecule has 0 radical (unpaired) electrons. The number of anilines is 1. The monoisotopic (exact) mass is 563 g/mol. The fourth-order valence-electron chi connectivity index (χ4n) is 4.71. The maximum absolute atomic E-state index is 14.2. The number of nitrogens with one attached hydrogen (secondary N) is 1. The van der Waals surface area contributed by atoms with Gasteiger partial charge < -0.3 is 10.2 Å². The summed E-state index contributed by atoms with van der Waals surface area (Å²) in [5.41, 5.74) is 4.05. The Morgan fingerprint density at radius 1 is 0.875 bits per heavy atom. The molecule has 0 bridgehead atoms. The number of rotatable bonds is 13. The molecule has 1 atom stereocenters. The largest absolute Gasteiger partial charge is 0.354 e. The molecule has 1 N–H and O–H groups in total. The highest BCUT2D eigenvalue weighted by Gasteiger charge is 2.34. The summed E-state index contributed by atoms with van der Waals surface area (Å²) in [6.07, 6.45) is 2.17. The normalized spacial score (nSPS) is 12.0. The van der Waals surface area contributed by atoms with Crippen LogP contribution in [0.1, 0.15) is 55.4 Å². The van der Waals surface area contributed by atoms with Crippen molar-refractivity contribution in [3.8, 4) is 0 Å². The summed E-state index contributed by atoms with van der Waals surface area (Å²) < 4.78 is 29.1. The first-order valence-electron chi connectivity index (χ1n) is 13.9. The minimum Gasteiger partial charge on any atom is -0.354 e. The lowest BCUT2D eigenvalue weighted by molar-refractivity contribution is -0.140. The van der Waals surface area contributed by atoms with Crippen LogP contribution >= 0.6 is 0 Å². The van der Waals surface area contributed by atoms with Gasteiger partial charge in [0.1, 0.15) is 12.6 Å². The van der Waals surface area contributed by atoms with Crippen molar-refractivity contribution < 1.29 is 18.0 Å². The number of carbonyl (C=O) groups excluding carboxylic acids is 2. The van der Waals surface area contributed by atoms with Crippen molar-refractivity contribution in [3.05, 3.63) is 95.1 Å². The Morgan fingerprint density at radius 3 is 2.17 bits per heavy atom. The summed E-state index contributed by atoms with van der Waals surface area (Å²) in [5, 5.41) is 2.96. The lowest BCUT2D eigenvalue weighted by atomic mass is 10.1. The van der Waals surface area contributed by atoms with E-state index in [1.807, 2.05) is 71.0 Å². The van der Waals surface area contributed by atoms with Crippen LogP contribution in [0.5, 0.6) is 0 Å². The van der Waals surface area contributed by atoms with Crippen LogP contribution in [0.4, 0.5) is 5.69 Å². The van der Waals surface area contributed by atoms with Gasteiger partial charge >= 0.3 is 0 Å². The molecule has 3 aromatic rings. The fraction of sp³-hybridized carbons (Fsp3) is 0.375.